The number of halogens is 1. The molecule has 0 aliphatic rings. The van der Waals surface area contributed by atoms with Crippen molar-refractivity contribution >= 4 is 28.4 Å². The van der Waals surface area contributed by atoms with Crippen molar-refractivity contribution in [1.82, 2.24) is 19.9 Å². The second-order valence-electron chi connectivity index (χ2n) is 6.90. The number of amides is 1. The number of H-pyrrole nitrogens is 1. The lowest BCUT2D eigenvalue weighted by molar-refractivity contribution is -0.130. The van der Waals surface area contributed by atoms with Crippen LogP contribution in [0.15, 0.2) is 63.9 Å². The Balaban J connectivity index is 1.37. The van der Waals surface area contributed by atoms with Gasteiger partial charge in [0.2, 0.25) is 5.91 Å². The number of fused-ring (bicyclic) bond motifs is 1. The standard InChI is InChI=1S/C22H19ClN4O3/c1-27(13-19-25-17-5-3-2-4-16(17)22(29)26-19)21(28)11-10-20-24-12-18(30-20)14-6-8-15(23)9-7-14/h2-9,12H,10-11,13H2,1H3,(H,25,26,29). The topological polar surface area (TPSA) is 92.1 Å². The molecule has 0 saturated carbocycles. The van der Waals surface area contributed by atoms with Crippen LogP contribution in [0.4, 0.5) is 0 Å². The van der Waals surface area contributed by atoms with Crippen LogP contribution in [-0.2, 0) is 17.8 Å². The largest absolute Gasteiger partial charge is 0.441 e. The van der Waals surface area contributed by atoms with Crippen LogP contribution in [0.3, 0.4) is 0 Å². The van der Waals surface area contributed by atoms with E-state index < -0.39 is 0 Å². The van der Waals surface area contributed by atoms with E-state index in [4.69, 9.17) is 16.0 Å². The van der Waals surface area contributed by atoms with Gasteiger partial charge in [0.1, 0.15) is 5.82 Å². The van der Waals surface area contributed by atoms with Crippen molar-refractivity contribution in [3.05, 3.63) is 81.8 Å². The number of carbonyl (C=O) groups excluding carboxylic acids is 1. The van der Waals surface area contributed by atoms with Crippen LogP contribution < -0.4 is 5.56 Å². The molecule has 0 atom stereocenters. The van der Waals surface area contributed by atoms with Crippen LogP contribution in [0.25, 0.3) is 22.2 Å². The number of hydrogen-bond acceptors (Lipinski definition) is 5. The Morgan fingerprint density at radius 3 is 2.73 bits per heavy atom. The van der Waals surface area contributed by atoms with E-state index in [0.29, 0.717) is 39.8 Å². The first kappa shape index (κ1) is 19.8. The number of rotatable bonds is 6. The zero-order valence-corrected chi connectivity index (χ0v) is 17.0. The van der Waals surface area contributed by atoms with Gasteiger partial charge in [0.15, 0.2) is 11.7 Å². The van der Waals surface area contributed by atoms with Crippen LogP contribution in [0.2, 0.25) is 5.02 Å². The molecule has 0 fully saturated rings. The highest BCUT2D eigenvalue weighted by Gasteiger charge is 2.14. The molecule has 0 spiro atoms. The van der Waals surface area contributed by atoms with E-state index in [1.807, 2.05) is 18.2 Å². The zero-order chi connectivity index (χ0) is 21.1. The molecular weight excluding hydrogens is 404 g/mol. The van der Waals surface area contributed by atoms with Crippen molar-refractivity contribution in [3.8, 4) is 11.3 Å². The van der Waals surface area contributed by atoms with Gasteiger partial charge >= 0.3 is 0 Å². The minimum atomic E-state index is -0.217. The highest BCUT2D eigenvalue weighted by molar-refractivity contribution is 6.30. The molecule has 152 valence electrons. The average Bonchev–Trinajstić information content (AvgIpc) is 3.21. The molecule has 1 N–H and O–H groups in total. The third kappa shape index (κ3) is 4.41. The van der Waals surface area contributed by atoms with Gasteiger partial charge in [0, 0.05) is 30.5 Å². The number of aromatic nitrogens is 3. The van der Waals surface area contributed by atoms with Crippen LogP contribution in [0, 0.1) is 0 Å². The molecule has 2 heterocycles. The van der Waals surface area contributed by atoms with E-state index in [9.17, 15) is 9.59 Å². The second-order valence-corrected chi connectivity index (χ2v) is 7.34. The number of carbonyl (C=O) groups is 1. The average molecular weight is 423 g/mol. The van der Waals surface area contributed by atoms with Crippen LogP contribution >= 0.6 is 11.6 Å². The van der Waals surface area contributed by atoms with E-state index in [0.717, 1.165) is 5.56 Å². The third-order valence-corrected chi connectivity index (χ3v) is 4.96. The van der Waals surface area contributed by atoms with Gasteiger partial charge in [-0.25, -0.2) is 9.97 Å². The van der Waals surface area contributed by atoms with Crippen LogP contribution in [0.1, 0.15) is 18.1 Å². The van der Waals surface area contributed by atoms with Crippen molar-refractivity contribution < 1.29 is 9.21 Å². The van der Waals surface area contributed by atoms with E-state index >= 15 is 0 Å². The van der Waals surface area contributed by atoms with Gasteiger partial charge in [-0.05, 0) is 36.4 Å². The van der Waals surface area contributed by atoms with Crippen molar-refractivity contribution in [2.75, 3.05) is 7.05 Å². The minimum absolute atomic E-state index is 0.1000. The van der Waals surface area contributed by atoms with Crippen LogP contribution in [-0.4, -0.2) is 32.8 Å². The number of para-hydroxylation sites is 1. The Hall–Kier alpha value is -3.45. The smallest absolute Gasteiger partial charge is 0.258 e. The van der Waals surface area contributed by atoms with Gasteiger partial charge in [-0.2, -0.15) is 0 Å². The molecule has 30 heavy (non-hydrogen) atoms. The summed E-state index contributed by atoms with van der Waals surface area (Å²) in [4.78, 5) is 37.6. The highest BCUT2D eigenvalue weighted by atomic mass is 35.5. The van der Waals surface area contributed by atoms with Crippen LogP contribution in [0.5, 0.6) is 0 Å². The first-order chi connectivity index (χ1) is 14.5. The Bertz CT molecular complexity index is 1250. The Morgan fingerprint density at radius 2 is 1.93 bits per heavy atom. The third-order valence-electron chi connectivity index (χ3n) is 4.71. The minimum Gasteiger partial charge on any atom is -0.441 e. The molecule has 0 radical (unpaired) electrons. The molecule has 0 bridgehead atoms. The number of benzene rings is 2. The van der Waals surface area contributed by atoms with Gasteiger partial charge < -0.3 is 14.3 Å². The molecule has 7 nitrogen and oxygen atoms in total. The van der Waals surface area contributed by atoms with Crippen molar-refractivity contribution in [3.63, 3.8) is 0 Å². The molecule has 4 aromatic rings. The number of oxazole rings is 1. The van der Waals surface area contributed by atoms with E-state index in [2.05, 4.69) is 15.0 Å². The Labute approximate surface area is 177 Å². The molecule has 0 saturated heterocycles. The van der Waals surface area contributed by atoms with Gasteiger partial charge in [-0.15, -0.1) is 0 Å². The van der Waals surface area contributed by atoms with E-state index in [1.54, 1.807) is 43.6 Å². The predicted molar refractivity (Wildman–Crippen MR) is 114 cm³/mol. The maximum Gasteiger partial charge on any atom is 0.258 e. The van der Waals surface area contributed by atoms with Gasteiger partial charge in [-0.1, -0.05) is 23.7 Å². The second kappa shape index (κ2) is 8.51. The zero-order valence-electron chi connectivity index (χ0n) is 16.3. The first-order valence-corrected chi connectivity index (χ1v) is 9.80. The number of aromatic amines is 1. The summed E-state index contributed by atoms with van der Waals surface area (Å²) in [6.07, 6.45) is 2.24. The molecule has 0 unspecified atom stereocenters. The summed E-state index contributed by atoms with van der Waals surface area (Å²) in [7, 11) is 1.67. The monoisotopic (exact) mass is 422 g/mol. The van der Waals surface area contributed by atoms with Gasteiger partial charge in [0.05, 0.1) is 23.6 Å². The number of hydrogen-bond donors (Lipinski definition) is 1. The SMILES string of the molecule is CN(Cc1nc2ccccc2c(=O)[nH]1)C(=O)CCc1ncc(-c2ccc(Cl)cc2)o1. The predicted octanol–water partition coefficient (Wildman–Crippen LogP) is 3.82. The molecule has 1 amide bonds. The maximum absolute atomic E-state index is 12.5. The fraction of sp³-hybridized carbons (Fsp3) is 0.182. The lowest BCUT2D eigenvalue weighted by Crippen LogP contribution is -2.28. The lowest BCUT2D eigenvalue weighted by atomic mass is 10.2. The number of nitrogens with zero attached hydrogens (tertiary/aromatic N) is 3. The number of nitrogens with one attached hydrogen (secondary N) is 1. The molecule has 2 aromatic carbocycles. The fourth-order valence-corrected chi connectivity index (χ4v) is 3.23. The number of aryl methyl sites for hydroxylation is 1. The fourth-order valence-electron chi connectivity index (χ4n) is 3.10. The molecular formula is C22H19ClN4O3. The normalized spacial score (nSPS) is 11.0. The van der Waals surface area contributed by atoms with E-state index in [-0.39, 0.29) is 24.4 Å². The molecule has 0 aliphatic heterocycles. The van der Waals surface area contributed by atoms with Crippen molar-refractivity contribution in [2.45, 2.75) is 19.4 Å². The molecule has 2 aromatic heterocycles. The molecule has 0 aliphatic carbocycles. The van der Waals surface area contributed by atoms with Gasteiger partial charge in [0.25, 0.3) is 5.56 Å². The van der Waals surface area contributed by atoms with Crippen molar-refractivity contribution in [1.29, 1.82) is 0 Å². The summed E-state index contributed by atoms with van der Waals surface area (Å²) in [6, 6.07) is 14.4. The quantitative estimate of drug-likeness (QED) is 0.510. The highest BCUT2D eigenvalue weighted by Crippen LogP contribution is 2.22. The van der Waals surface area contributed by atoms with Gasteiger partial charge in [-0.3, -0.25) is 9.59 Å². The molecule has 4 rings (SSSR count). The molecule has 8 heteroatoms. The summed E-state index contributed by atoms with van der Waals surface area (Å²) in [6.45, 7) is 0.209. The maximum atomic E-state index is 12.5. The Kier molecular flexibility index (Phi) is 5.63. The summed E-state index contributed by atoms with van der Waals surface area (Å²) in [5.74, 6) is 1.45. The summed E-state index contributed by atoms with van der Waals surface area (Å²) < 4.78 is 5.74. The summed E-state index contributed by atoms with van der Waals surface area (Å²) in [5.41, 5.74) is 1.26. The lowest BCUT2D eigenvalue weighted by Gasteiger charge is -2.16. The summed E-state index contributed by atoms with van der Waals surface area (Å²) in [5, 5.41) is 1.17. The van der Waals surface area contributed by atoms with Crippen molar-refractivity contribution in [2.24, 2.45) is 0 Å². The van der Waals surface area contributed by atoms with E-state index in [1.165, 1.54) is 4.90 Å². The Morgan fingerprint density at radius 1 is 1.17 bits per heavy atom. The summed E-state index contributed by atoms with van der Waals surface area (Å²) >= 11 is 5.90. The first-order valence-electron chi connectivity index (χ1n) is 9.42.